The average molecular weight is 219 g/mol. The smallest absolute Gasteiger partial charge is 0.0631 e. The molecule has 1 N–H and O–H groups in total. The molecule has 0 aliphatic heterocycles. The minimum absolute atomic E-state index is 0.340. The van der Waals surface area contributed by atoms with Gasteiger partial charge in [-0.1, -0.05) is 13.8 Å². The van der Waals surface area contributed by atoms with E-state index in [9.17, 15) is 0 Å². The summed E-state index contributed by atoms with van der Waals surface area (Å²) in [5, 5.41) is 3.45. The maximum absolute atomic E-state index is 5.61. The van der Waals surface area contributed by atoms with E-state index < -0.39 is 0 Å². The summed E-state index contributed by atoms with van der Waals surface area (Å²) in [6.07, 6.45) is 1.60. The second-order valence-corrected chi connectivity index (χ2v) is 4.86. The molecule has 0 aliphatic carbocycles. The molecule has 86 valence electrons. The van der Waals surface area contributed by atoms with Gasteiger partial charge in [0.15, 0.2) is 0 Å². The van der Waals surface area contributed by atoms with Crippen LogP contribution in [-0.2, 0) is 4.74 Å². The molecule has 0 fully saturated rings. The van der Waals surface area contributed by atoms with E-state index in [1.807, 2.05) is 11.8 Å². The van der Waals surface area contributed by atoms with E-state index in [1.54, 1.807) is 0 Å². The van der Waals surface area contributed by atoms with Crippen molar-refractivity contribution in [3.05, 3.63) is 0 Å². The molecule has 3 heteroatoms. The fourth-order valence-corrected chi connectivity index (χ4v) is 2.09. The van der Waals surface area contributed by atoms with Gasteiger partial charge in [-0.25, -0.2) is 0 Å². The first-order chi connectivity index (χ1) is 6.70. The van der Waals surface area contributed by atoms with Gasteiger partial charge in [-0.15, -0.1) is 0 Å². The van der Waals surface area contributed by atoms with Crippen LogP contribution < -0.4 is 5.32 Å². The molecule has 0 radical (unpaired) electrons. The Balaban J connectivity index is 3.54. The second-order valence-electron chi connectivity index (χ2n) is 3.71. The van der Waals surface area contributed by atoms with Gasteiger partial charge in [-0.3, -0.25) is 0 Å². The largest absolute Gasteiger partial charge is 0.377 e. The summed E-state index contributed by atoms with van der Waals surface area (Å²) in [4.78, 5) is 0. The standard InChI is InChI=1S/C11H25NOS/c1-5-7-14-9-11(12-6-2)8-13-10(3)4/h10-12H,5-9H2,1-4H3. The summed E-state index contributed by atoms with van der Waals surface area (Å²) in [5.41, 5.74) is 0. The highest BCUT2D eigenvalue weighted by Gasteiger charge is 2.07. The summed E-state index contributed by atoms with van der Waals surface area (Å²) >= 11 is 2.01. The molecule has 0 rings (SSSR count). The van der Waals surface area contributed by atoms with Crippen LogP contribution in [0.25, 0.3) is 0 Å². The van der Waals surface area contributed by atoms with Crippen molar-refractivity contribution in [2.45, 2.75) is 46.3 Å². The molecule has 0 amide bonds. The molecule has 0 saturated heterocycles. The van der Waals surface area contributed by atoms with Gasteiger partial charge in [-0.2, -0.15) is 11.8 Å². The molecular formula is C11H25NOS. The predicted molar refractivity (Wildman–Crippen MR) is 66.2 cm³/mol. The number of nitrogens with one attached hydrogen (secondary N) is 1. The van der Waals surface area contributed by atoms with Crippen LogP contribution in [0.2, 0.25) is 0 Å². The zero-order valence-corrected chi connectivity index (χ0v) is 10.8. The third-order valence-corrected chi connectivity index (χ3v) is 3.13. The lowest BCUT2D eigenvalue weighted by Gasteiger charge is -2.19. The molecule has 0 saturated carbocycles. The predicted octanol–water partition coefficient (Wildman–Crippen LogP) is 2.53. The molecule has 1 atom stereocenters. The van der Waals surface area contributed by atoms with Crippen molar-refractivity contribution in [1.29, 1.82) is 0 Å². The van der Waals surface area contributed by atoms with Gasteiger partial charge in [0, 0.05) is 11.8 Å². The fraction of sp³-hybridized carbons (Fsp3) is 1.00. The Bertz CT molecular complexity index is 120. The van der Waals surface area contributed by atoms with Crippen molar-refractivity contribution in [2.24, 2.45) is 0 Å². The van der Waals surface area contributed by atoms with E-state index in [0.717, 1.165) is 18.9 Å². The van der Waals surface area contributed by atoms with Crippen LogP contribution >= 0.6 is 11.8 Å². The number of hydrogen-bond donors (Lipinski definition) is 1. The Morgan fingerprint density at radius 1 is 1.29 bits per heavy atom. The van der Waals surface area contributed by atoms with Crippen LogP contribution in [0, 0.1) is 0 Å². The summed E-state index contributed by atoms with van der Waals surface area (Å²) in [7, 11) is 0. The summed E-state index contributed by atoms with van der Waals surface area (Å²) in [5.74, 6) is 2.41. The molecule has 0 bridgehead atoms. The van der Waals surface area contributed by atoms with Crippen molar-refractivity contribution >= 4 is 11.8 Å². The Morgan fingerprint density at radius 2 is 2.00 bits per heavy atom. The number of thioether (sulfide) groups is 1. The topological polar surface area (TPSA) is 21.3 Å². The Hall–Kier alpha value is 0.270. The van der Waals surface area contributed by atoms with E-state index >= 15 is 0 Å². The third kappa shape index (κ3) is 8.85. The van der Waals surface area contributed by atoms with Gasteiger partial charge in [0.2, 0.25) is 0 Å². The van der Waals surface area contributed by atoms with Gasteiger partial charge >= 0.3 is 0 Å². The van der Waals surface area contributed by atoms with Gasteiger partial charge in [0.1, 0.15) is 0 Å². The molecule has 0 heterocycles. The van der Waals surface area contributed by atoms with E-state index in [2.05, 4.69) is 33.0 Å². The molecule has 1 unspecified atom stereocenters. The maximum atomic E-state index is 5.61. The summed E-state index contributed by atoms with van der Waals surface area (Å²) in [6.45, 7) is 10.4. The van der Waals surface area contributed by atoms with Gasteiger partial charge in [0.05, 0.1) is 12.7 Å². The van der Waals surface area contributed by atoms with Crippen LogP contribution in [0.4, 0.5) is 0 Å². The number of hydrogen-bond acceptors (Lipinski definition) is 3. The van der Waals surface area contributed by atoms with Gasteiger partial charge in [-0.05, 0) is 32.6 Å². The van der Waals surface area contributed by atoms with Crippen LogP contribution in [0.5, 0.6) is 0 Å². The van der Waals surface area contributed by atoms with Crippen LogP contribution in [-0.4, -0.2) is 36.8 Å². The normalized spacial score (nSPS) is 13.5. The first-order valence-electron chi connectivity index (χ1n) is 5.63. The van der Waals surface area contributed by atoms with Gasteiger partial charge < -0.3 is 10.1 Å². The first-order valence-corrected chi connectivity index (χ1v) is 6.78. The second kappa shape index (κ2) is 9.81. The van der Waals surface area contributed by atoms with Crippen LogP contribution in [0.1, 0.15) is 34.1 Å². The maximum Gasteiger partial charge on any atom is 0.0631 e. The highest BCUT2D eigenvalue weighted by Crippen LogP contribution is 2.05. The molecular weight excluding hydrogens is 194 g/mol. The van der Waals surface area contributed by atoms with E-state index in [-0.39, 0.29) is 0 Å². The van der Waals surface area contributed by atoms with Crippen LogP contribution in [0.3, 0.4) is 0 Å². The third-order valence-electron chi connectivity index (χ3n) is 1.79. The molecule has 0 spiro atoms. The first kappa shape index (κ1) is 14.3. The highest BCUT2D eigenvalue weighted by atomic mass is 32.2. The SMILES string of the molecule is CCCSCC(COC(C)C)NCC. The number of ether oxygens (including phenoxy) is 1. The van der Waals surface area contributed by atoms with E-state index in [1.165, 1.54) is 12.2 Å². The van der Waals surface area contributed by atoms with Crippen molar-refractivity contribution < 1.29 is 4.74 Å². The van der Waals surface area contributed by atoms with Crippen molar-refractivity contribution in [3.8, 4) is 0 Å². The minimum atomic E-state index is 0.340. The van der Waals surface area contributed by atoms with Crippen molar-refractivity contribution in [1.82, 2.24) is 5.32 Å². The zero-order valence-electron chi connectivity index (χ0n) is 10.0. The Kier molecular flexibility index (Phi) is 10.0. The summed E-state index contributed by atoms with van der Waals surface area (Å²) < 4.78 is 5.61. The van der Waals surface area contributed by atoms with Gasteiger partial charge in [0.25, 0.3) is 0 Å². The Morgan fingerprint density at radius 3 is 2.50 bits per heavy atom. The van der Waals surface area contributed by atoms with Crippen molar-refractivity contribution in [3.63, 3.8) is 0 Å². The molecule has 14 heavy (non-hydrogen) atoms. The molecule has 0 aromatic rings. The molecule has 2 nitrogen and oxygen atoms in total. The minimum Gasteiger partial charge on any atom is -0.377 e. The molecule has 0 aliphatic rings. The average Bonchev–Trinajstić information content (AvgIpc) is 2.14. The lowest BCUT2D eigenvalue weighted by Crippen LogP contribution is -2.36. The Labute approximate surface area is 93.2 Å². The highest BCUT2D eigenvalue weighted by molar-refractivity contribution is 7.99. The lowest BCUT2D eigenvalue weighted by molar-refractivity contribution is 0.0658. The number of likely N-dealkylation sites (N-methyl/N-ethyl adjacent to an activating group) is 1. The molecule has 0 aromatic carbocycles. The fourth-order valence-electron chi connectivity index (χ4n) is 1.13. The van der Waals surface area contributed by atoms with Crippen molar-refractivity contribution in [2.75, 3.05) is 24.7 Å². The van der Waals surface area contributed by atoms with E-state index in [4.69, 9.17) is 4.74 Å². The molecule has 0 aromatic heterocycles. The van der Waals surface area contributed by atoms with Crippen LogP contribution in [0.15, 0.2) is 0 Å². The zero-order chi connectivity index (χ0) is 10.8. The summed E-state index contributed by atoms with van der Waals surface area (Å²) in [6, 6.07) is 0.513. The quantitative estimate of drug-likeness (QED) is 0.602. The monoisotopic (exact) mass is 219 g/mol. The van der Waals surface area contributed by atoms with E-state index in [0.29, 0.717) is 12.1 Å². The lowest BCUT2D eigenvalue weighted by atomic mass is 10.3. The number of rotatable bonds is 9.